The average molecular weight is 287 g/mol. The second kappa shape index (κ2) is 4.25. The molecule has 0 saturated heterocycles. The van der Waals surface area contributed by atoms with Gasteiger partial charge in [0, 0.05) is 14.1 Å². The van der Waals surface area contributed by atoms with E-state index in [1.807, 2.05) is 11.3 Å². The molecule has 2 rings (SSSR count). The summed E-state index contributed by atoms with van der Waals surface area (Å²) < 4.78 is 2.67. The molecule has 74 valence electrons. The summed E-state index contributed by atoms with van der Waals surface area (Å²) in [5.41, 5.74) is 1.44. The van der Waals surface area contributed by atoms with Crippen LogP contribution in [-0.4, -0.2) is 6.26 Å². The summed E-state index contributed by atoms with van der Waals surface area (Å²) in [6, 6.07) is 4.49. The lowest BCUT2D eigenvalue weighted by atomic mass is 10.1. The van der Waals surface area contributed by atoms with Gasteiger partial charge in [0.25, 0.3) is 0 Å². The van der Waals surface area contributed by atoms with E-state index in [0.29, 0.717) is 0 Å². The fourth-order valence-electron chi connectivity index (χ4n) is 1.63. The highest BCUT2D eigenvalue weighted by Crippen LogP contribution is 2.37. The Kier molecular flexibility index (Phi) is 3.20. The van der Waals surface area contributed by atoms with Crippen LogP contribution in [0.1, 0.15) is 12.5 Å². The zero-order valence-corrected chi connectivity index (χ0v) is 11.4. The lowest BCUT2D eigenvalue weighted by Gasteiger charge is -2.08. The van der Waals surface area contributed by atoms with Gasteiger partial charge < -0.3 is 0 Å². The Bertz CT molecular complexity index is 460. The Morgan fingerprint density at radius 1 is 1.50 bits per heavy atom. The molecule has 1 heterocycles. The summed E-state index contributed by atoms with van der Waals surface area (Å²) in [5, 5.41) is 3.57. The summed E-state index contributed by atoms with van der Waals surface area (Å²) in [4.78, 5) is 1.34. The molecule has 0 unspecified atom stereocenters. The molecule has 0 saturated carbocycles. The summed E-state index contributed by atoms with van der Waals surface area (Å²) in [7, 11) is 0. The van der Waals surface area contributed by atoms with Crippen molar-refractivity contribution >= 4 is 49.1 Å². The summed E-state index contributed by atoms with van der Waals surface area (Å²) in [6.45, 7) is 2.21. The van der Waals surface area contributed by atoms with E-state index < -0.39 is 0 Å². The molecular formula is C11H11BrS2. The Morgan fingerprint density at radius 2 is 2.29 bits per heavy atom. The Hall–Kier alpha value is 0.01000. The number of halogens is 1. The van der Waals surface area contributed by atoms with Gasteiger partial charge in [-0.1, -0.05) is 6.92 Å². The minimum absolute atomic E-state index is 1.09. The van der Waals surface area contributed by atoms with Gasteiger partial charge in [-0.15, -0.1) is 23.1 Å². The van der Waals surface area contributed by atoms with Crippen LogP contribution < -0.4 is 0 Å². The Morgan fingerprint density at radius 3 is 2.93 bits per heavy atom. The molecule has 3 heteroatoms. The van der Waals surface area contributed by atoms with Crippen LogP contribution in [0.5, 0.6) is 0 Å². The van der Waals surface area contributed by atoms with Gasteiger partial charge in [-0.25, -0.2) is 0 Å². The van der Waals surface area contributed by atoms with E-state index in [1.54, 1.807) is 11.8 Å². The van der Waals surface area contributed by atoms with Gasteiger partial charge in [0.2, 0.25) is 0 Å². The number of hydrogen-bond acceptors (Lipinski definition) is 2. The van der Waals surface area contributed by atoms with Crippen molar-refractivity contribution in [3.05, 3.63) is 27.5 Å². The van der Waals surface area contributed by atoms with Gasteiger partial charge >= 0.3 is 0 Å². The maximum absolute atomic E-state index is 3.69. The van der Waals surface area contributed by atoms with Crippen molar-refractivity contribution in [2.45, 2.75) is 18.2 Å². The first-order chi connectivity index (χ1) is 6.77. The van der Waals surface area contributed by atoms with Crippen LogP contribution in [0.2, 0.25) is 0 Å². The van der Waals surface area contributed by atoms with Crippen LogP contribution in [0.25, 0.3) is 10.1 Å². The number of rotatable bonds is 2. The number of thioether (sulfide) groups is 1. The van der Waals surface area contributed by atoms with Crippen molar-refractivity contribution < 1.29 is 0 Å². The van der Waals surface area contributed by atoms with E-state index in [2.05, 4.69) is 46.6 Å². The predicted octanol–water partition coefficient (Wildman–Crippen LogP) is 4.95. The smallest absolute Gasteiger partial charge is 0.0357 e. The van der Waals surface area contributed by atoms with Crippen LogP contribution in [0.3, 0.4) is 0 Å². The average Bonchev–Trinajstić information content (AvgIpc) is 2.64. The topological polar surface area (TPSA) is 0 Å². The fourth-order valence-corrected chi connectivity index (χ4v) is 4.19. The molecule has 0 bridgehead atoms. The van der Waals surface area contributed by atoms with Crippen molar-refractivity contribution in [2.75, 3.05) is 6.26 Å². The van der Waals surface area contributed by atoms with Crippen LogP contribution in [0.15, 0.2) is 26.9 Å². The van der Waals surface area contributed by atoms with E-state index in [1.165, 1.54) is 25.0 Å². The van der Waals surface area contributed by atoms with Gasteiger partial charge in [-0.3, -0.25) is 0 Å². The molecule has 0 amide bonds. The number of benzene rings is 1. The second-order valence-electron chi connectivity index (χ2n) is 3.06. The molecule has 0 spiro atoms. The van der Waals surface area contributed by atoms with Gasteiger partial charge in [-0.2, -0.15) is 0 Å². The minimum atomic E-state index is 1.09. The highest BCUT2D eigenvalue weighted by atomic mass is 79.9. The molecule has 0 atom stereocenters. The lowest BCUT2D eigenvalue weighted by molar-refractivity contribution is 1.13. The summed E-state index contributed by atoms with van der Waals surface area (Å²) >= 11 is 7.32. The third-order valence-electron chi connectivity index (χ3n) is 2.34. The van der Waals surface area contributed by atoms with Gasteiger partial charge in [-0.05, 0) is 57.1 Å². The van der Waals surface area contributed by atoms with Crippen LogP contribution >= 0.6 is 39.0 Å². The van der Waals surface area contributed by atoms with E-state index in [-0.39, 0.29) is 0 Å². The molecular weight excluding hydrogens is 276 g/mol. The van der Waals surface area contributed by atoms with Crippen molar-refractivity contribution in [3.8, 4) is 0 Å². The zero-order chi connectivity index (χ0) is 10.1. The first-order valence-electron chi connectivity index (χ1n) is 4.50. The maximum atomic E-state index is 3.69. The van der Waals surface area contributed by atoms with E-state index in [0.717, 1.165) is 6.42 Å². The van der Waals surface area contributed by atoms with Crippen molar-refractivity contribution in [1.29, 1.82) is 0 Å². The third kappa shape index (κ3) is 1.62. The highest BCUT2D eigenvalue weighted by molar-refractivity contribution is 9.10. The molecule has 0 aliphatic carbocycles. The fraction of sp³-hybridized carbons (Fsp3) is 0.273. The second-order valence-corrected chi connectivity index (χ2v) is 5.65. The lowest BCUT2D eigenvalue weighted by Crippen LogP contribution is -1.86. The Labute approximate surface area is 101 Å². The normalized spacial score (nSPS) is 11.1. The van der Waals surface area contributed by atoms with Crippen molar-refractivity contribution in [2.24, 2.45) is 0 Å². The molecule has 1 aromatic heterocycles. The highest BCUT2D eigenvalue weighted by Gasteiger charge is 2.09. The molecule has 14 heavy (non-hydrogen) atoms. The number of aryl methyl sites for hydroxylation is 1. The SMILES string of the molecule is CCc1c(Br)c(SC)cc2sccc12. The maximum Gasteiger partial charge on any atom is 0.0357 e. The number of hydrogen-bond donors (Lipinski definition) is 0. The first kappa shape index (κ1) is 10.5. The van der Waals surface area contributed by atoms with Crippen molar-refractivity contribution in [1.82, 2.24) is 0 Å². The molecule has 0 fully saturated rings. The molecule has 0 aliphatic rings. The van der Waals surface area contributed by atoms with Crippen LogP contribution in [0, 0.1) is 0 Å². The summed E-state index contributed by atoms with van der Waals surface area (Å²) in [6.07, 6.45) is 3.21. The molecule has 1 aromatic carbocycles. The standard InChI is InChI=1S/C11H11BrS2/c1-3-7-8-4-5-14-9(8)6-10(13-2)11(7)12/h4-6H,3H2,1-2H3. The van der Waals surface area contributed by atoms with Gasteiger partial charge in [0.15, 0.2) is 0 Å². The monoisotopic (exact) mass is 286 g/mol. The molecule has 0 N–H and O–H groups in total. The number of thiophene rings is 1. The van der Waals surface area contributed by atoms with Crippen LogP contribution in [-0.2, 0) is 6.42 Å². The predicted molar refractivity (Wildman–Crippen MR) is 70.7 cm³/mol. The molecule has 0 nitrogen and oxygen atoms in total. The molecule has 0 radical (unpaired) electrons. The third-order valence-corrected chi connectivity index (χ3v) is 5.13. The Balaban J connectivity index is 2.80. The minimum Gasteiger partial charge on any atom is -0.144 e. The van der Waals surface area contributed by atoms with Gasteiger partial charge in [0.1, 0.15) is 0 Å². The molecule has 2 aromatic rings. The van der Waals surface area contributed by atoms with E-state index in [4.69, 9.17) is 0 Å². The number of fused-ring (bicyclic) bond motifs is 1. The van der Waals surface area contributed by atoms with E-state index in [9.17, 15) is 0 Å². The molecule has 0 aliphatic heterocycles. The quantitative estimate of drug-likeness (QED) is 0.704. The van der Waals surface area contributed by atoms with Gasteiger partial charge in [0.05, 0.1) is 0 Å². The largest absolute Gasteiger partial charge is 0.144 e. The van der Waals surface area contributed by atoms with Crippen LogP contribution in [0.4, 0.5) is 0 Å². The van der Waals surface area contributed by atoms with E-state index >= 15 is 0 Å². The zero-order valence-electron chi connectivity index (χ0n) is 8.13. The van der Waals surface area contributed by atoms with Crippen molar-refractivity contribution in [3.63, 3.8) is 0 Å². The summed E-state index contributed by atoms with van der Waals surface area (Å²) in [5.74, 6) is 0. The first-order valence-corrected chi connectivity index (χ1v) is 7.40.